The first-order valence-electron chi connectivity index (χ1n) is 3.91. The molecule has 0 unspecified atom stereocenters. The summed E-state index contributed by atoms with van der Waals surface area (Å²) in [5.74, 6) is 1.39. The van der Waals surface area contributed by atoms with Crippen LogP contribution >= 0.6 is 23.1 Å². The normalized spacial score (nSPS) is 10.0. The first kappa shape index (κ1) is 10.5. The fourth-order valence-corrected chi connectivity index (χ4v) is 2.30. The summed E-state index contributed by atoms with van der Waals surface area (Å²) in [6, 6.07) is 0. The lowest BCUT2D eigenvalue weighted by molar-refractivity contribution is -0.118. The molecule has 0 spiro atoms. The van der Waals surface area contributed by atoms with Crippen LogP contribution in [-0.4, -0.2) is 23.7 Å². The molecule has 0 bridgehead atoms. The summed E-state index contributed by atoms with van der Waals surface area (Å²) in [5.41, 5.74) is 1.07. The van der Waals surface area contributed by atoms with Crippen LogP contribution in [0, 0.1) is 6.92 Å². The Hall–Kier alpha value is -0.550. The Labute approximate surface area is 86.0 Å². The van der Waals surface area contributed by atoms with Gasteiger partial charge in [-0.2, -0.15) is 0 Å². The summed E-state index contributed by atoms with van der Waals surface area (Å²) in [5, 5.41) is 5.69. The van der Waals surface area contributed by atoms with E-state index in [-0.39, 0.29) is 5.91 Å². The van der Waals surface area contributed by atoms with Crippen molar-refractivity contribution in [3.05, 3.63) is 16.1 Å². The van der Waals surface area contributed by atoms with Crippen LogP contribution < -0.4 is 5.32 Å². The van der Waals surface area contributed by atoms with Gasteiger partial charge in [-0.05, 0) is 6.92 Å². The average molecular weight is 216 g/mol. The first-order valence-corrected chi connectivity index (χ1v) is 5.95. The molecule has 13 heavy (non-hydrogen) atoms. The molecule has 1 rings (SSSR count). The molecule has 3 nitrogen and oxygen atoms in total. The molecule has 0 fully saturated rings. The summed E-state index contributed by atoms with van der Waals surface area (Å²) in [6.07, 6.45) is 0. The zero-order valence-corrected chi connectivity index (χ0v) is 9.30. The number of aryl methyl sites for hydroxylation is 1. The van der Waals surface area contributed by atoms with Crippen LogP contribution in [0.3, 0.4) is 0 Å². The number of thioether (sulfide) groups is 1. The van der Waals surface area contributed by atoms with Gasteiger partial charge in [0.25, 0.3) is 0 Å². The molecule has 1 aromatic rings. The highest BCUT2D eigenvalue weighted by molar-refractivity contribution is 7.99. The molecule has 5 heteroatoms. The summed E-state index contributed by atoms with van der Waals surface area (Å²) in [7, 11) is 1.65. The number of rotatable bonds is 4. The van der Waals surface area contributed by atoms with E-state index < -0.39 is 0 Å². The number of nitrogens with zero attached hydrogens (tertiary/aromatic N) is 1. The van der Waals surface area contributed by atoms with E-state index >= 15 is 0 Å². The van der Waals surface area contributed by atoms with Crippen LogP contribution in [0.1, 0.15) is 10.7 Å². The minimum absolute atomic E-state index is 0.0666. The van der Waals surface area contributed by atoms with Crippen LogP contribution in [0.5, 0.6) is 0 Å². The Morgan fingerprint density at radius 2 is 2.54 bits per heavy atom. The zero-order valence-electron chi connectivity index (χ0n) is 7.66. The average Bonchev–Trinajstić information content (AvgIpc) is 2.51. The van der Waals surface area contributed by atoms with Crippen LogP contribution in [0.25, 0.3) is 0 Å². The van der Waals surface area contributed by atoms with Crippen molar-refractivity contribution in [3.63, 3.8) is 0 Å². The summed E-state index contributed by atoms with van der Waals surface area (Å²) in [4.78, 5) is 15.2. The molecule has 0 radical (unpaired) electrons. The van der Waals surface area contributed by atoms with Crippen molar-refractivity contribution in [3.8, 4) is 0 Å². The quantitative estimate of drug-likeness (QED) is 0.828. The topological polar surface area (TPSA) is 42.0 Å². The van der Waals surface area contributed by atoms with E-state index in [4.69, 9.17) is 0 Å². The predicted molar refractivity (Wildman–Crippen MR) is 57.1 cm³/mol. The summed E-state index contributed by atoms with van der Waals surface area (Å²) in [6.45, 7) is 1.98. The van der Waals surface area contributed by atoms with E-state index in [1.165, 1.54) is 0 Å². The van der Waals surface area contributed by atoms with Crippen molar-refractivity contribution in [1.29, 1.82) is 0 Å². The maximum Gasteiger partial charge on any atom is 0.229 e. The van der Waals surface area contributed by atoms with Gasteiger partial charge in [-0.15, -0.1) is 23.1 Å². The van der Waals surface area contributed by atoms with Crippen molar-refractivity contribution >= 4 is 29.0 Å². The Morgan fingerprint density at radius 1 is 1.77 bits per heavy atom. The third-order valence-electron chi connectivity index (χ3n) is 1.43. The van der Waals surface area contributed by atoms with Gasteiger partial charge < -0.3 is 5.32 Å². The van der Waals surface area contributed by atoms with E-state index in [1.54, 1.807) is 30.1 Å². The van der Waals surface area contributed by atoms with E-state index in [0.717, 1.165) is 16.5 Å². The van der Waals surface area contributed by atoms with Gasteiger partial charge in [0.15, 0.2) is 0 Å². The SMILES string of the molecule is CNC(=O)CSCc1csc(C)n1. The molecule has 1 N–H and O–H groups in total. The predicted octanol–water partition coefficient (Wildman–Crippen LogP) is 1.43. The van der Waals surface area contributed by atoms with E-state index in [1.807, 2.05) is 12.3 Å². The summed E-state index contributed by atoms with van der Waals surface area (Å²) < 4.78 is 0. The molecule has 1 amide bonds. The number of nitrogens with one attached hydrogen (secondary N) is 1. The van der Waals surface area contributed by atoms with Gasteiger partial charge in [0, 0.05) is 18.2 Å². The van der Waals surface area contributed by atoms with E-state index in [2.05, 4.69) is 10.3 Å². The standard InChI is InChI=1S/C8H12N2OS2/c1-6-10-7(4-13-6)3-12-5-8(11)9-2/h4H,3,5H2,1-2H3,(H,9,11). The smallest absolute Gasteiger partial charge is 0.229 e. The number of carbonyl (C=O) groups excluding carboxylic acids is 1. The van der Waals surface area contributed by atoms with Crippen molar-refractivity contribution in [1.82, 2.24) is 10.3 Å². The second-order valence-corrected chi connectivity index (χ2v) is 4.57. The number of hydrogen-bond acceptors (Lipinski definition) is 4. The van der Waals surface area contributed by atoms with Crippen molar-refractivity contribution in [2.24, 2.45) is 0 Å². The lowest BCUT2D eigenvalue weighted by atomic mass is 10.6. The minimum atomic E-state index is 0.0666. The second kappa shape index (κ2) is 5.24. The Morgan fingerprint density at radius 3 is 3.08 bits per heavy atom. The van der Waals surface area contributed by atoms with Gasteiger partial charge in [0.2, 0.25) is 5.91 Å². The molecular formula is C8H12N2OS2. The molecular weight excluding hydrogens is 204 g/mol. The van der Waals surface area contributed by atoms with Crippen LogP contribution in [0.15, 0.2) is 5.38 Å². The fraction of sp³-hybridized carbons (Fsp3) is 0.500. The van der Waals surface area contributed by atoms with E-state index in [9.17, 15) is 4.79 Å². The Bertz CT molecular complexity index is 285. The van der Waals surface area contributed by atoms with Crippen LogP contribution in [0.2, 0.25) is 0 Å². The highest BCUT2D eigenvalue weighted by Gasteiger charge is 2.01. The van der Waals surface area contributed by atoms with Crippen molar-refractivity contribution < 1.29 is 4.79 Å². The maximum absolute atomic E-state index is 10.9. The van der Waals surface area contributed by atoms with E-state index in [0.29, 0.717) is 5.75 Å². The third kappa shape index (κ3) is 3.78. The molecule has 0 saturated carbocycles. The van der Waals surface area contributed by atoms with Crippen molar-refractivity contribution in [2.45, 2.75) is 12.7 Å². The van der Waals surface area contributed by atoms with Gasteiger partial charge in [0.1, 0.15) is 0 Å². The molecule has 0 aliphatic heterocycles. The number of amides is 1. The fourth-order valence-electron chi connectivity index (χ4n) is 0.795. The number of carbonyl (C=O) groups is 1. The second-order valence-electron chi connectivity index (χ2n) is 2.52. The zero-order chi connectivity index (χ0) is 9.68. The molecule has 72 valence electrons. The number of thiazole rings is 1. The highest BCUT2D eigenvalue weighted by Crippen LogP contribution is 2.14. The number of hydrogen-bond donors (Lipinski definition) is 1. The molecule has 0 atom stereocenters. The Balaban J connectivity index is 2.24. The molecule has 1 aromatic heterocycles. The maximum atomic E-state index is 10.9. The molecule has 1 heterocycles. The largest absolute Gasteiger partial charge is 0.358 e. The van der Waals surface area contributed by atoms with Crippen LogP contribution in [-0.2, 0) is 10.5 Å². The number of aromatic nitrogens is 1. The molecule has 0 aliphatic rings. The van der Waals surface area contributed by atoms with Gasteiger partial charge in [-0.1, -0.05) is 0 Å². The minimum Gasteiger partial charge on any atom is -0.358 e. The van der Waals surface area contributed by atoms with Gasteiger partial charge in [-0.25, -0.2) is 4.98 Å². The lowest BCUT2D eigenvalue weighted by Crippen LogP contribution is -2.19. The van der Waals surface area contributed by atoms with Crippen LogP contribution in [0.4, 0.5) is 0 Å². The summed E-state index contributed by atoms with van der Waals surface area (Å²) >= 11 is 3.23. The molecule has 0 aromatic carbocycles. The molecule has 0 saturated heterocycles. The molecule has 0 aliphatic carbocycles. The van der Waals surface area contributed by atoms with Gasteiger partial charge in [0.05, 0.1) is 16.5 Å². The first-order chi connectivity index (χ1) is 6.22. The van der Waals surface area contributed by atoms with Gasteiger partial charge >= 0.3 is 0 Å². The lowest BCUT2D eigenvalue weighted by Gasteiger charge is -1.97. The highest BCUT2D eigenvalue weighted by atomic mass is 32.2. The third-order valence-corrected chi connectivity index (χ3v) is 3.22. The Kier molecular flexibility index (Phi) is 4.24. The monoisotopic (exact) mass is 216 g/mol. The van der Waals surface area contributed by atoms with Crippen molar-refractivity contribution in [2.75, 3.05) is 12.8 Å². The van der Waals surface area contributed by atoms with Gasteiger partial charge in [-0.3, -0.25) is 4.79 Å².